The van der Waals surface area contributed by atoms with Gasteiger partial charge in [0.1, 0.15) is 5.75 Å². The maximum Gasteiger partial charge on any atom is 0.359 e. The summed E-state index contributed by atoms with van der Waals surface area (Å²) in [5, 5.41) is 4.59. The van der Waals surface area contributed by atoms with Crippen LogP contribution in [-0.4, -0.2) is 56.8 Å². The molecule has 9 heteroatoms. The van der Waals surface area contributed by atoms with E-state index in [1.165, 1.54) is 0 Å². The van der Waals surface area contributed by atoms with Gasteiger partial charge in [0.25, 0.3) is 5.91 Å². The van der Waals surface area contributed by atoms with Gasteiger partial charge < -0.3 is 19.4 Å². The second-order valence-electron chi connectivity index (χ2n) is 7.72. The third-order valence-electron chi connectivity index (χ3n) is 5.80. The molecule has 1 aliphatic rings. The quantitative estimate of drug-likeness (QED) is 0.474. The first-order chi connectivity index (χ1) is 16.1. The molecule has 9 nitrogen and oxygen atoms in total. The third kappa shape index (κ3) is 3.71. The lowest BCUT2D eigenvalue weighted by Gasteiger charge is -2.28. The topological polar surface area (TPSA) is 102 Å². The van der Waals surface area contributed by atoms with E-state index in [-0.39, 0.29) is 24.8 Å². The lowest BCUT2D eigenvalue weighted by atomic mass is 10.0. The zero-order valence-corrected chi connectivity index (χ0v) is 18.4. The highest BCUT2D eigenvalue weighted by molar-refractivity contribution is 5.97. The molecule has 5 rings (SSSR count). The van der Waals surface area contributed by atoms with Gasteiger partial charge in [0.05, 0.1) is 49.0 Å². The molecule has 0 saturated heterocycles. The summed E-state index contributed by atoms with van der Waals surface area (Å²) in [4.78, 5) is 34.9. The number of fused-ring (bicyclic) bond motifs is 2. The number of esters is 1. The molecule has 168 valence electrons. The largest absolute Gasteiger partial charge is 0.497 e. The molecule has 0 unspecified atom stereocenters. The molecule has 0 bridgehead atoms. The van der Waals surface area contributed by atoms with Gasteiger partial charge in [0, 0.05) is 24.1 Å². The molecule has 1 aliphatic heterocycles. The zero-order chi connectivity index (χ0) is 22.9. The molecule has 0 radical (unpaired) electrons. The molecule has 0 fully saturated rings. The SMILES string of the molecule is CCOC(=O)c1nn(-c2ccc(OC)cc2)c2c1CN(C(=O)c1ccc3nc[nH]c3c1)CC2. The Kier molecular flexibility index (Phi) is 5.29. The molecule has 3 heterocycles. The number of benzene rings is 2. The van der Waals surface area contributed by atoms with Crippen LogP contribution >= 0.6 is 0 Å². The number of aromatic amines is 1. The Morgan fingerprint density at radius 2 is 1.97 bits per heavy atom. The Morgan fingerprint density at radius 3 is 2.73 bits per heavy atom. The molecule has 0 saturated carbocycles. The Hall–Kier alpha value is -4.14. The first-order valence-electron chi connectivity index (χ1n) is 10.7. The average molecular weight is 445 g/mol. The fourth-order valence-corrected chi connectivity index (χ4v) is 4.14. The lowest BCUT2D eigenvalue weighted by Crippen LogP contribution is -2.36. The average Bonchev–Trinajstić information content (AvgIpc) is 3.47. The van der Waals surface area contributed by atoms with Crippen LogP contribution in [0.4, 0.5) is 0 Å². The smallest absolute Gasteiger partial charge is 0.359 e. The van der Waals surface area contributed by atoms with Crippen molar-refractivity contribution in [3.63, 3.8) is 0 Å². The number of hydrogen-bond acceptors (Lipinski definition) is 6. The number of methoxy groups -OCH3 is 1. The van der Waals surface area contributed by atoms with Crippen LogP contribution in [0.2, 0.25) is 0 Å². The fourth-order valence-electron chi connectivity index (χ4n) is 4.14. The summed E-state index contributed by atoms with van der Waals surface area (Å²) >= 11 is 0. The number of nitrogens with one attached hydrogen (secondary N) is 1. The first kappa shape index (κ1) is 20.7. The summed E-state index contributed by atoms with van der Waals surface area (Å²) in [5.74, 6) is 0.134. The number of amides is 1. The minimum atomic E-state index is -0.491. The van der Waals surface area contributed by atoms with Crippen LogP contribution in [-0.2, 0) is 17.7 Å². The van der Waals surface area contributed by atoms with Crippen molar-refractivity contribution in [3.05, 3.63) is 71.3 Å². The minimum absolute atomic E-state index is 0.107. The van der Waals surface area contributed by atoms with Gasteiger partial charge in [-0.2, -0.15) is 5.10 Å². The molecule has 4 aromatic rings. The molecule has 1 amide bonds. The van der Waals surface area contributed by atoms with Crippen LogP contribution < -0.4 is 4.74 Å². The van der Waals surface area contributed by atoms with Crippen molar-refractivity contribution in [2.45, 2.75) is 19.9 Å². The second kappa shape index (κ2) is 8.42. The van der Waals surface area contributed by atoms with Crippen molar-refractivity contribution in [3.8, 4) is 11.4 Å². The van der Waals surface area contributed by atoms with Crippen molar-refractivity contribution < 1.29 is 19.1 Å². The number of carbonyl (C=O) groups is 2. The molecule has 1 N–H and O–H groups in total. The van der Waals surface area contributed by atoms with E-state index in [2.05, 4.69) is 15.1 Å². The summed E-state index contributed by atoms with van der Waals surface area (Å²) in [7, 11) is 1.61. The van der Waals surface area contributed by atoms with E-state index in [9.17, 15) is 9.59 Å². The highest BCUT2D eigenvalue weighted by atomic mass is 16.5. The Labute approximate surface area is 189 Å². The standard InChI is InChI=1S/C24H23N5O4/c1-3-33-24(31)22-18-13-28(23(30)15-4-9-19-20(12-15)26-14-25-19)11-10-21(18)29(27-22)16-5-7-17(32-2)8-6-16/h4-9,12,14H,3,10-11,13H2,1-2H3,(H,25,26). The Bertz CT molecular complexity index is 1340. The number of nitrogens with zero attached hydrogens (tertiary/aromatic N) is 4. The van der Waals surface area contributed by atoms with E-state index in [1.807, 2.05) is 30.3 Å². The lowest BCUT2D eigenvalue weighted by molar-refractivity contribution is 0.0513. The van der Waals surface area contributed by atoms with Crippen molar-refractivity contribution in [2.24, 2.45) is 0 Å². The minimum Gasteiger partial charge on any atom is -0.497 e. The van der Waals surface area contributed by atoms with E-state index in [1.54, 1.807) is 42.1 Å². The Balaban J connectivity index is 1.50. The number of ether oxygens (including phenoxy) is 2. The molecule has 0 spiro atoms. The van der Waals surface area contributed by atoms with Crippen molar-refractivity contribution in [1.82, 2.24) is 24.6 Å². The van der Waals surface area contributed by atoms with Crippen molar-refractivity contribution >= 4 is 22.9 Å². The molecule has 2 aromatic heterocycles. The van der Waals surface area contributed by atoms with Crippen molar-refractivity contribution in [1.29, 1.82) is 0 Å². The van der Waals surface area contributed by atoms with Gasteiger partial charge in [0.2, 0.25) is 0 Å². The number of hydrogen-bond donors (Lipinski definition) is 1. The molecule has 33 heavy (non-hydrogen) atoms. The summed E-state index contributed by atoms with van der Waals surface area (Å²) < 4.78 is 12.3. The second-order valence-corrected chi connectivity index (χ2v) is 7.72. The molecule has 2 aromatic carbocycles. The number of aromatic nitrogens is 4. The van der Waals surface area contributed by atoms with Crippen LogP contribution in [0, 0.1) is 0 Å². The first-order valence-corrected chi connectivity index (χ1v) is 10.7. The number of H-pyrrole nitrogens is 1. The van der Waals surface area contributed by atoms with Crippen LogP contribution in [0.15, 0.2) is 48.8 Å². The maximum atomic E-state index is 13.3. The third-order valence-corrected chi connectivity index (χ3v) is 5.80. The molecule has 0 aliphatic carbocycles. The normalized spacial score (nSPS) is 13.1. The molecule has 0 atom stereocenters. The van der Waals surface area contributed by atoms with Gasteiger partial charge in [-0.05, 0) is 49.4 Å². The van der Waals surface area contributed by atoms with Crippen LogP contribution in [0.5, 0.6) is 5.75 Å². The van der Waals surface area contributed by atoms with Crippen molar-refractivity contribution in [2.75, 3.05) is 20.3 Å². The summed E-state index contributed by atoms with van der Waals surface area (Å²) in [6, 6.07) is 12.9. The predicted molar refractivity (Wildman–Crippen MR) is 121 cm³/mol. The van der Waals surface area contributed by atoms with Gasteiger partial charge >= 0.3 is 5.97 Å². The monoisotopic (exact) mass is 445 g/mol. The fraction of sp³-hybridized carbons (Fsp3) is 0.250. The highest BCUT2D eigenvalue weighted by Crippen LogP contribution is 2.28. The highest BCUT2D eigenvalue weighted by Gasteiger charge is 2.31. The van der Waals surface area contributed by atoms with E-state index in [0.29, 0.717) is 24.1 Å². The van der Waals surface area contributed by atoms with Crippen LogP contribution in [0.25, 0.3) is 16.7 Å². The molecular formula is C24H23N5O4. The maximum absolute atomic E-state index is 13.3. The van der Waals surface area contributed by atoms with Gasteiger partial charge in [-0.3, -0.25) is 4.79 Å². The predicted octanol–water partition coefficient (Wildman–Crippen LogP) is 3.13. The summed E-state index contributed by atoms with van der Waals surface area (Å²) in [5.41, 5.74) is 4.84. The van der Waals surface area contributed by atoms with E-state index in [0.717, 1.165) is 28.2 Å². The molecular weight excluding hydrogens is 422 g/mol. The number of rotatable bonds is 5. The number of carbonyl (C=O) groups excluding carboxylic acids is 2. The van der Waals surface area contributed by atoms with Crippen LogP contribution in [0.1, 0.15) is 39.0 Å². The number of imidazole rings is 1. The van der Waals surface area contributed by atoms with E-state index < -0.39 is 5.97 Å². The Morgan fingerprint density at radius 1 is 1.15 bits per heavy atom. The van der Waals surface area contributed by atoms with E-state index >= 15 is 0 Å². The summed E-state index contributed by atoms with van der Waals surface area (Å²) in [6.07, 6.45) is 2.16. The van der Waals surface area contributed by atoms with Gasteiger partial charge in [0.15, 0.2) is 5.69 Å². The summed E-state index contributed by atoms with van der Waals surface area (Å²) in [6.45, 7) is 2.79. The zero-order valence-electron chi connectivity index (χ0n) is 18.4. The van der Waals surface area contributed by atoms with E-state index in [4.69, 9.17) is 9.47 Å². The van der Waals surface area contributed by atoms with Gasteiger partial charge in [-0.15, -0.1) is 0 Å². The van der Waals surface area contributed by atoms with Gasteiger partial charge in [-0.25, -0.2) is 14.5 Å². The van der Waals surface area contributed by atoms with Gasteiger partial charge in [-0.1, -0.05) is 0 Å². The van der Waals surface area contributed by atoms with Crippen LogP contribution in [0.3, 0.4) is 0 Å².